The van der Waals surface area contributed by atoms with E-state index < -0.39 is 0 Å². The van der Waals surface area contributed by atoms with Gasteiger partial charge in [0.2, 0.25) is 0 Å². The molecule has 1 heterocycles. The smallest absolute Gasteiger partial charge is 0.123 e. The van der Waals surface area contributed by atoms with Crippen LogP contribution >= 0.6 is 11.8 Å². The van der Waals surface area contributed by atoms with Crippen LogP contribution in [0.1, 0.15) is 30.4 Å². The standard InChI is InChI=1S/C14H17FN2S/c15-13-5-4-11(8-16)12(7-13)9-17-10-14-3-1-2-6-18-14/h4-5,7,14,17H,1-3,6,9-10H2. The molecule has 1 saturated heterocycles. The predicted molar refractivity (Wildman–Crippen MR) is 72.9 cm³/mol. The van der Waals surface area contributed by atoms with E-state index in [0.29, 0.717) is 17.4 Å². The number of rotatable bonds is 4. The lowest BCUT2D eigenvalue weighted by Crippen LogP contribution is -2.26. The molecular weight excluding hydrogens is 247 g/mol. The van der Waals surface area contributed by atoms with Crippen LogP contribution in [-0.4, -0.2) is 17.5 Å². The van der Waals surface area contributed by atoms with Gasteiger partial charge in [0.1, 0.15) is 5.82 Å². The third-order valence-corrected chi connectivity index (χ3v) is 4.55. The lowest BCUT2D eigenvalue weighted by atomic mass is 10.1. The number of hydrogen-bond acceptors (Lipinski definition) is 3. The summed E-state index contributed by atoms with van der Waals surface area (Å²) in [6.45, 7) is 1.50. The first-order chi connectivity index (χ1) is 8.79. The quantitative estimate of drug-likeness (QED) is 0.908. The fraction of sp³-hybridized carbons (Fsp3) is 0.500. The molecular formula is C14H17FN2S. The highest BCUT2D eigenvalue weighted by Crippen LogP contribution is 2.24. The molecule has 1 aliphatic rings. The van der Waals surface area contributed by atoms with Gasteiger partial charge in [0.05, 0.1) is 11.6 Å². The minimum Gasteiger partial charge on any atom is -0.312 e. The third-order valence-electron chi connectivity index (χ3n) is 3.15. The normalized spacial score (nSPS) is 19.4. The van der Waals surface area contributed by atoms with Crippen molar-refractivity contribution in [3.63, 3.8) is 0 Å². The molecule has 2 nitrogen and oxygen atoms in total. The van der Waals surface area contributed by atoms with E-state index in [2.05, 4.69) is 11.4 Å². The van der Waals surface area contributed by atoms with Gasteiger partial charge in [-0.2, -0.15) is 17.0 Å². The molecule has 18 heavy (non-hydrogen) atoms. The van der Waals surface area contributed by atoms with Crippen LogP contribution in [0.2, 0.25) is 0 Å². The Morgan fingerprint density at radius 3 is 3.06 bits per heavy atom. The van der Waals surface area contributed by atoms with Crippen molar-refractivity contribution in [2.75, 3.05) is 12.3 Å². The van der Waals surface area contributed by atoms with Crippen molar-refractivity contribution in [2.45, 2.75) is 31.1 Å². The Balaban J connectivity index is 1.86. The molecule has 0 bridgehead atoms. The largest absolute Gasteiger partial charge is 0.312 e. The second-order valence-corrected chi connectivity index (χ2v) is 5.94. The molecule has 1 atom stereocenters. The van der Waals surface area contributed by atoms with E-state index in [-0.39, 0.29) is 5.82 Å². The molecule has 4 heteroatoms. The molecule has 1 unspecified atom stereocenters. The van der Waals surface area contributed by atoms with Gasteiger partial charge < -0.3 is 5.32 Å². The molecule has 1 aromatic rings. The monoisotopic (exact) mass is 264 g/mol. The summed E-state index contributed by atoms with van der Waals surface area (Å²) < 4.78 is 13.1. The van der Waals surface area contributed by atoms with Gasteiger partial charge in [0.15, 0.2) is 0 Å². The van der Waals surface area contributed by atoms with Gasteiger partial charge in [-0.3, -0.25) is 0 Å². The van der Waals surface area contributed by atoms with E-state index in [4.69, 9.17) is 5.26 Å². The highest BCUT2D eigenvalue weighted by atomic mass is 32.2. The minimum absolute atomic E-state index is 0.280. The van der Waals surface area contributed by atoms with Crippen molar-refractivity contribution in [3.8, 4) is 6.07 Å². The fourth-order valence-corrected chi connectivity index (χ4v) is 3.43. The number of nitrogens with one attached hydrogen (secondary N) is 1. The summed E-state index contributed by atoms with van der Waals surface area (Å²) in [5.74, 6) is 0.966. The number of thioether (sulfide) groups is 1. The average Bonchev–Trinajstić information content (AvgIpc) is 2.40. The molecule has 0 radical (unpaired) electrons. The molecule has 0 aliphatic carbocycles. The number of hydrogen-bond donors (Lipinski definition) is 1. The summed E-state index contributed by atoms with van der Waals surface area (Å²) in [5, 5.41) is 13.0. The molecule has 0 saturated carbocycles. The van der Waals surface area contributed by atoms with Crippen molar-refractivity contribution in [2.24, 2.45) is 0 Å². The molecule has 96 valence electrons. The number of benzene rings is 1. The molecule has 0 amide bonds. The summed E-state index contributed by atoms with van der Waals surface area (Å²) in [7, 11) is 0. The third kappa shape index (κ3) is 3.72. The lowest BCUT2D eigenvalue weighted by molar-refractivity contribution is 0.592. The second kappa shape index (κ2) is 6.77. The Kier molecular flexibility index (Phi) is 5.03. The van der Waals surface area contributed by atoms with Crippen LogP contribution in [0.3, 0.4) is 0 Å². The molecule has 0 aromatic heterocycles. The Bertz CT molecular complexity index is 436. The lowest BCUT2D eigenvalue weighted by Gasteiger charge is -2.21. The first-order valence-corrected chi connectivity index (χ1v) is 7.35. The van der Waals surface area contributed by atoms with Gasteiger partial charge in [-0.25, -0.2) is 4.39 Å². The highest BCUT2D eigenvalue weighted by Gasteiger charge is 2.13. The summed E-state index contributed by atoms with van der Waals surface area (Å²) in [6.07, 6.45) is 3.89. The average molecular weight is 264 g/mol. The van der Waals surface area contributed by atoms with Gasteiger partial charge in [-0.05, 0) is 42.4 Å². The first-order valence-electron chi connectivity index (χ1n) is 6.30. The van der Waals surface area contributed by atoms with Crippen LogP contribution in [0.5, 0.6) is 0 Å². The number of nitriles is 1. The Morgan fingerprint density at radius 1 is 1.44 bits per heavy atom. The van der Waals surface area contributed by atoms with Gasteiger partial charge >= 0.3 is 0 Å². The van der Waals surface area contributed by atoms with Crippen molar-refractivity contribution >= 4 is 11.8 Å². The summed E-state index contributed by atoms with van der Waals surface area (Å²) in [5.41, 5.74) is 1.30. The van der Waals surface area contributed by atoms with E-state index in [1.807, 2.05) is 11.8 Å². The van der Waals surface area contributed by atoms with Gasteiger partial charge in [0.25, 0.3) is 0 Å². The number of halogens is 1. The van der Waals surface area contributed by atoms with E-state index in [1.54, 1.807) is 6.07 Å². The first kappa shape index (κ1) is 13.4. The Labute approximate surface area is 112 Å². The van der Waals surface area contributed by atoms with E-state index in [0.717, 1.165) is 12.1 Å². The van der Waals surface area contributed by atoms with Crippen molar-refractivity contribution < 1.29 is 4.39 Å². The summed E-state index contributed by atoms with van der Waals surface area (Å²) >= 11 is 2.01. The van der Waals surface area contributed by atoms with Gasteiger partial charge in [0, 0.05) is 18.3 Å². The van der Waals surface area contributed by atoms with Crippen molar-refractivity contribution in [1.29, 1.82) is 5.26 Å². The summed E-state index contributed by atoms with van der Waals surface area (Å²) in [4.78, 5) is 0. The van der Waals surface area contributed by atoms with Crippen LogP contribution in [0.15, 0.2) is 18.2 Å². The zero-order chi connectivity index (χ0) is 12.8. The molecule has 1 aromatic carbocycles. The maximum atomic E-state index is 13.1. The van der Waals surface area contributed by atoms with E-state index in [9.17, 15) is 4.39 Å². The highest BCUT2D eigenvalue weighted by molar-refractivity contribution is 7.99. The van der Waals surface area contributed by atoms with Gasteiger partial charge in [-0.1, -0.05) is 6.42 Å². The topological polar surface area (TPSA) is 35.8 Å². The van der Waals surface area contributed by atoms with Crippen LogP contribution < -0.4 is 5.32 Å². The van der Waals surface area contributed by atoms with Crippen LogP contribution in [0.25, 0.3) is 0 Å². The Morgan fingerprint density at radius 2 is 2.33 bits per heavy atom. The fourth-order valence-electron chi connectivity index (χ4n) is 2.15. The van der Waals surface area contributed by atoms with Crippen molar-refractivity contribution in [1.82, 2.24) is 5.32 Å². The number of nitrogens with zero attached hydrogens (tertiary/aromatic N) is 1. The van der Waals surface area contributed by atoms with Gasteiger partial charge in [-0.15, -0.1) is 0 Å². The maximum absolute atomic E-state index is 13.1. The van der Waals surface area contributed by atoms with E-state index >= 15 is 0 Å². The second-order valence-electron chi connectivity index (χ2n) is 4.53. The molecule has 1 N–H and O–H groups in total. The van der Waals surface area contributed by atoms with E-state index in [1.165, 1.54) is 37.1 Å². The molecule has 1 fully saturated rings. The zero-order valence-electron chi connectivity index (χ0n) is 10.3. The van der Waals surface area contributed by atoms with Crippen LogP contribution in [0, 0.1) is 17.1 Å². The maximum Gasteiger partial charge on any atom is 0.123 e. The summed E-state index contributed by atoms with van der Waals surface area (Å²) in [6, 6.07) is 6.42. The molecule has 0 spiro atoms. The molecule has 2 rings (SSSR count). The van der Waals surface area contributed by atoms with Crippen LogP contribution in [-0.2, 0) is 6.54 Å². The Hall–Kier alpha value is -1.05. The van der Waals surface area contributed by atoms with Crippen molar-refractivity contribution in [3.05, 3.63) is 35.1 Å². The zero-order valence-corrected chi connectivity index (χ0v) is 11.1. The molecule has 1 aliphatic heterocycles. The van der Waals surface area contributed by atoms with Crippen LogP contribution in [0.4, 0.5) is 4.39 Å². The SMILES string of the molecule is N#Cc1ccc(F)cc1CNCC1CCCCS1. The minimum atomic E-state index is -0.280. The predicted octanol–water partition coefficient (Wildman–Crippen LogP) is 3.07.